The second kappa shape index (κ2) is 10.6. The van der Waals surface area contributed by atoms with Crippen molar-refractivity contribution in [3.05, 3.63) is 72.7 Å². The Labute approximate surface area is 203 Å². The van der Waals surface area contributed by atoms with Gasteiger partial charge in [0.05, 0.1) is 29.2 Å². The molecule has 0 aliphatic rings. The SMILES string of the molecule is CC[C@@H](C)c1nc2ccc(Br)cc2c(=O)n1N=Cc1ccc(O[C@H](C)C(=O)OC)c([N+](=O)[O-])c1. The minimum Gasteiger partial charge on any atom is -0.472 e. The first-order valence-electron chi connectivity index (χ1n) is 10.5. The zero-order valence-electron chi connectivity index (χ0n) is 19.0. The molecule has 11 heteroatoms. The summed E-state index contributed by atoms with van der Waals surface area (Å²) in [7, 11) is 1.20. The number of benzene rings is 2. The second-order valence-corrected chi connectivity index (χ2v) is 8.49. The first-order valence-corrected chi connectivity index (χ1v) is 11.2. The van der Waals surface area contributed by atoms with Crippen LogP contribution in [0.2, 0.25) is 0 Å². The van der Waals surface area contributed by atoms with Crippen LogP contribution in [-0.2, 0) is 9.53 Å². The van der Waals surface area contributed by atoms with Crippen LogP contribution in [0.3, 0.4) is 0 Å². The van der Waals surface area contributed by atoms with Gasteiger partial charge >= 0.3 is 11.7 Å². The van der Waals surface area contributed by atoms with Crippen molar-refractivity contribution in [1.29, 1.82) is 0 Å². The van der Waals surface area contributed by atoms with Crippen LogP contribution in [-0.4, -0.2) is 40.0 Å². The van der Waals surface area contributed by atoms with E-state index in [9.17, 15) is 19.7 Å². The van der Waals surface area contributed by atoms with Crippen LogP contribution in [0.25, 0.3) is 10.9 Å². The van der Waals surface area contributed by atoms with Crippen LogP contribution >= 0.6 is 15.9 Å². The molecule has 3 aromatic rings. The fraction of sp³-hybridized carbons (Fsp3) is 0.304. The van der Waals surface area contributed by atoms with Gasteiger partial charge in [-0.3, -0.25) is 14.9 Å². The van der Waals surface area contributed by atoms with E-state index in [0.29, 0.717) is 22.3 Å². The van der Waals surface area contributed by atoms with Gasteiger partial charge in [0, 0.05) is 22.0 Å². The molecule has 0 spiro atoms. The zero-order chi connectivity index (χ0) is 25.0. The summed E-state index contributed by atoms with van der Waals surface area (Å²) in [4.78, 5) is 40.4. The summed E-state index contributed by atoms with van der Waals surface area (Å²) >= 11 is 3.37. The number of hydrogen-bond acceptors (Lipinski definition) is 8. The van der Waals surface area contributed by atoms with Crippen molar-refractivity contribution in [2.45, 2.75) is 39.2 Å². The summed E-state index contributed by atoms with van der Waals surface area (Å²) in [6.45, 7) is 5.35. The number of nitro benzene ring substituents is 1. The molecule has 0 saturated carbocycles. The van der Waals surface area contributed by atoms with Gasteiger partial charge in [-0.15, -0.1) is 0 Å². The smallest absolute Gasteiger partial charge is 0.346 e. The highest BCUT2D eigenvalue weighted by atomic mass is 79.9. The number of carbonyl (C=O) groups is 1. The number of fused-ring (bicyclic) bond motifs is 1. The van der Waals surface area contributed by atoms with Crippen molar-refractivity contribution < 1.29 is 19.2 Å². The Morgan fingerprint density at radius 2 is 2.03 bits per heavy atom. The van der Waals surface area contributed by atoms with E-state index in [1.54, 1.807) is 12.1 Å². The predicted molar refractivity (Wildman–Crippen MR) is 131 cm³/mol. The maximum atomic E-state index is 13.2. The first kappa shape index (κ1) is 25.0. The normalized spacial score (nSPS) is 13.1. The summed E-state index contributed by atoms with van der Waals surface area (Å²) in [5, 5.41) is 16.3. The molecule has 2 atom stereocenters. The number of esters is 1. The Bertz CT molecular complexity index is 1340. The molecule has 10 nitrogen and oxygen atoms in total. The van der Waals surface area contributed by atoms with Gasteiger partial charge in [0.15, 0.2) is 11.9 Å². The minimum absolute atomic E-state index is 0.0529. The average Bonchev–Trinajstić information content (AvgIpc) is 2.83. The van der Waals surface area contributed by atoms with E-state index < -0.39 is 17.0 Å². The summed E-state index contributed by atoms with van der Waals surface area (Å²) < 4.78 is 11.9. The van der Waals surface area contributed by atoms with Crippen LogP contribution in [0.4, 0.5) is 5.69 Å². The van der Waals surface area contributed by atoms with E-state index in [1.165, 1.54) is 43.1 Å². The lowest BCUT2D eigenvalue weighted by Gasteiger charge is -2.14. The molecule has 0 bridgehead atoms. The standard InChI is InChI=1S/C23H23BrN4O6/c1-5-13(2)21-26-18-8-7-16(24)11-17(18)22(29)27(21)25-12-15-6-9-20(19(10-15)28(31)32)34-14(3)23(30)33-4/h6-14H,5H2,1-4H3/t13-,14-/m1/s1. The van der Waals surface area contributed by atoms with Crippen LogP contribution in [0.5, 0.6) is 5.75 Å². The molecule has 2 aromatic carbocycles. The van der Waals surface area contributed by atoms with Crippen molar-refractivity contribution in [1.82, 2.24) is 9.66 Å². The molecule has 0 fully saturated rings. The van der Waals surface area contributed by atoms with E-state index in [1.807, 2.05) is 19.9 Å². The molecule has 0 radical (unpaired) electrons. The number of nitro groups is 1. The number of rotatable bonds is 8. The Hall–Kier alpha value is -3.60. The molecule has 0 saturated heterocycles. The number of ether oxygens (including phenoxy) is 2. The molecule has 1 aromatic heterocycles. The quantitative estimate of drug-likeness (QED) is 0.183. The van der Waals surface area contributed by atoms with Gasteiger partial charge in [-0.05, 0) is 43.7 Å². The van der Waals surface area contributed by atoms with Gasteiger partial charge in [0.25, 0.3) is 5.56 Å². The predicted octanol–water partition coefficient (Wildman–Crippen LogP) is 4.40. The molecule has 34 heavy (non-hydrogen) atoms. The number of carbonyl (C=O) groups excluding carboxylic acids is 1. The van der Waals surface area contributed by atoms with Crippen LogP contribution in [0.15, 0.2) is 50.8 Å². The molecule has 1 heterocycles. The van der Waals surface area contributed by atoms with Crippen molar-refractivity contribution in [2.75, 3.05) is 7.11 Å². The zero-order valence-corrected chi connectivity index (χ0v) is 20.6. The third-order valence-corrected chi connectivity index (χ3v) is 5.72. The van der Waals surface area contributed by atoms with Gasteiger partial charge in [0.1, 0.15) is 5.82 Å². The number of hydrogen-bond donors (Lipinski definition) is 0. The van der Waals surface area contributed by atoms with Crippen LogP contribution in [0, 0.1) is 10.1 Å². The van der Waals surface area contributed by atoms with E-state index in [2.05, 4.69) is 30.8 Å². The summed E-state index contributed by atoms with van der Waals surface area (Å²) in [5.41, 5.74) is 0.224. The Balaban J connectivity index is 2.06. The number of nitrogens with zero attached hydrogens (tertiary/aromatic N) is 4. The second-order valence-electron chi connectivity index (χ2n) is 7.57. The van der Waals surface area contributed by atoms with E-state index in [-0.39, 0.29) is 22.9 Å². The molecule has 178 valence electrons. The van der Waals surface area contributed by atoms with Crippen molar-refractivity contribution >= 4 is 44.7 Å². The lowest BCUT2D eigenvalue weighted by molar-refractivity contribution is -0.386. The molecule has 0 unspecified atom stereocenters. The highest BCUT2D eigenvalue weighted by Crippen LogP contribution is 2.29. The van der Waals surface area contributed by atoms with Gasteiger partial charge < -0.3 is 9.47 Å². The lowest BCUT2D eigenvalue weighted by atomic mass is 10.1. The van der Waals surface area contributed by atoms with Gasteiger partial charge in [-0.1, -0.05) is 29.8 Å². The third kappa shape index (κ3) is 5.30. The van der Waals surface area contributed by atoms with E-state index in [4.69, 9.17) is 4.74 Å². The average molecular weight is 531 g/mol. The minimum atomic E-state index is -1.03. The van der Waals surface area contributed by atoms with Gasteiger partial charge in [-0.2, -0.15) is 9.78 Å². The maximum Gasteiger partial charge on any atom is 0.346 e. The van der Waals surface area contributed by atoms with E-state index in [0.717, 1.165) is 10.9 Å². The monoisotopic (exact) mass is 530 g/mol. The summed E-state index contributed by atoms with van der Waals surface area (Å²) in [6.07, 6.45) is 1.06. The van der Waals surface area contributed by atoms with Gasteiger partial charge in [0.2, 0.25) is 0 Å². The Morgan fingerprint density at radius 3 is 2.68 bits per heavy atom. The number of halogens is 1. The van der Waals surface area contributed by atoms with Crippen molar-refractivity contribution in [2.24, 2.45) is 5.10 Å². The lowest BCUT2D eigenvalue weighted by Crippen LogP contribution is -2.25. The van der Waals surface area contributed by atoms with E-state index >= 15 is 0 Å². The highest BCUT2D eigenvalue weighted by Gasteiger charge is 2.22. The largest absolute Gasteiger partial charge is 0.472 e. The fourth-order valence-electron chi connectivity index (χ4n) is 3.17. The third-order valence-electron chi connectivity index (χ3n) is 5.23. The fourth-order valence-corrected chi connectivity index (χ4v) is 3.53. The maximum absolute atomic E-state index is 13.2. The van der Waals surface area contributed by atoms with Crippen LogP contribution in [0.1, 0.15) is 44.5 Å². The summed E-state index contributed by atoms with van der Waals surface area (Å²) in [6, 6.07) is 9.41. The molecule has 3 rings (SSSR count). The molecule has 0 aliphatic heterocycles. The Morgan fingerprint density at radius 1 is 1.29 bits per heavy atom. The molecular weight excluding hydrogens is 508 g/mol. The molecular formula is C23H23BrN4O6. The van der Waals surface area contributed by atoms with Crippen molar-refractivity contribution in [3.63, 3.8) is 0 Å². The molecule has 0 amide bonds. The molecule has 0 N–H and O–H groups in total. The summed E-state index contributed by atoms with van der Waals surface area (Å²) in [5.74, 6) is -0.315. The number of aromatic nitrogens is 2. The van der Waals surface area contributed by atoms with Crippen LogP contribution < -0.4 is 10.3 Å². The Kier molecular flexibility index (Phi) is 7.77. The van der Waals surface area contributed by atoms with Crippen molar-refractivity contribution in [3.8, 4) is 5.75 Å². The number of methoxy groups -OCH3 is 1. The topological polar surface area (TPSA) is 126 Å². The molecule has 0 aliphatic carbocycles. The highest BCUT2D eigenvalue weighted by molar-refractivity contribution is 9.10. The first-order chi connectivity index (χ1) is 16.2. The van der Waals surface area contributed by atoms with Gasteiger partial charge in [-0.25, -0.2) is 9.78 Å².